The van der Waals surface area contributed by atoms with Crippen LogP contribution in [-0.2, 0) is 22.7 Å². The molecule has 2 N–H and O–H groups in total. The van der Waals surface area contributed by atoms with Crippen LogP contribution in [0.4, 0.5) is 0 Å². The number of nitrogens with one attached hydrogen (secondary N) is 2. The second-order valence-electron chi connectivity index (χ2n) is 8.78. The first-order valence-corrected chi connectivity index (χ1v) is 10.2. The van der Waals surface area contributed by atoms with Crippen molar-refractivity contribution in [2.45, 2.75) is 44.8 Å². The smallest absolute Gasteiger partial charge is 0.255 e. The van der Waals surface area contributed by atoms with Crippen LogP contribution in [0.15, 0.2) is 18.2 Å². The Hall–Kier alpha value is -2.25. The van der Waals surface area contributed by atoms with Gasteiger partial charge in [0.25, 0.3) is 5.91 Å². The number of piperidine rings is 1. The van der Waals surface area contributed by atoms with Crippen LogP contribution in [0.3, 0.4) is 0 Å². The average molecular weight is 382 g/mol. The normalized spacial score (nSPS) is 26.9. The molecule has 0 aromatic heterocycles. The van der Waals surface area contributed by atoms with Crippen molar-refractivity contribution >= 4 is 17.7 Å². The molecule has 1 unspecified atom stereocenters. The summed E-state index contributed by atoms with van der Waals surface area (Å²) in [6, 6.07) is 5.59. The lowest BCUT2D eigenvalue weighted by atomic mass is 10.0. The molecule has 148 valence electrons. The third-order valence-electron chi connectivity index (χ3n) is 6.62. The maximum absolute atomic E-state index is 13.0. The van der Waals surface area contributed by atoms with Crippen molar-refractivity contribution in [3.63, 3.8) is 0 Å². The summed E-state index contributed by atoms with van der Waals surface area (Å²) in [6.07, 6.45) is 3.30. The monoisotopic (exact) mass is 382 g/mol. The molecule has 7 nitrogen and oxygen atoms in total. The topological polar surface area (TPSA) is 81.8 Å². The fraction of sp³-hybridized carbons (Fsp3) is 0.571. The van der Waals surface area contributed by atoms with Gasteiger partial charge in [0, 0.05) is 51.3 Å². The van der Waals surface area contributed by atoms with E-state index in [9.17, 15) is 14.4 Å². The molecule has 1 atom stereocenters. The van der Waals surface area contributed by atoms with Crippen LogP contribution < -0.4 is 10.6 Å². The van der Waals surface area contributed by atoms with E-state index >= 15 is 0 Å². The number of fused-ring (bicyclic) bond motifs is 1. The number of nitrogens with zero attached hydrogens (tertiary/aromatic N) is 2. The highest BCUT2D eigenvalue weighted by Crippen LogP contribution is 2.46. The Morgan fingerprint density at radius 1 is 1.18 bits per heavy atom. The van der Waals surface area contributed by atoms with Gasteiger partial charge in [-0.25, -0.2) is 0 Å². The van der Waals surface area contributed by atoms with E-state index in [0.717, 1.165) is 43.9 Å². The van der Waals surface area contributed by atoms with Gasteiger partial charge in [-0.2, -0.15) is 0 Å². The lowest BCUT2D eigenvalue weighted by Gasteiger charge is -2.29. The van der Waals surface area contributed by atoms with E-state index in [2.05, 4.69) is 21.6 Å². The van der Waals surface area contributed by atoms with Crippen molar-refractivity contribution in [1.29, 1.82) is 0 Å². The van der Waals surface area contributed by atoms with Crippen LogP contribution in [0.5, 0.6) is 0 Å². The molecule has 2 saturated heterocycles. The summed E-state index contributed by atoms with van der Waals surface area (Å²) in [5, 5.41) is 5.90. The Balaban J connectivity index is 1.31. The molecule has 0 bridgehead atoms. The number of benzene rings is 1. The zero-order chi connectivity index (χ0) is 19.3. The predicted octanol–water partition coefficient (Wildman–Crippen LogP) is 0.633. The summed E-state index contributed by atoms with van der Waals surface area (Å²) in [4.78, 5) is 40.7. The van der Waals surface area contributed by atoms with Crippen molar-refractivity contribution in [1.82, 2.24) is 20.4 Å². The second kappa shape index (κ2) is 6.67. The Morgan fingerprint density at radius 3 is 2.82 bits per heavy atom. The van der Waals surface area contributed by atoms with Gasteiger partial charge < -0.3 is 10.2 Å². The van der Waals surface area contributed by atoms with Crippen molar-refractivity contribution in [2.75, 3.05) is 26.2 Å². The molecule has 5 rings (SSSR count). The summed E-state index contributed by atoms with van der Waals surface area (Å²) in [7, 11) is 0. The molecule has 4 aliphatic rings. The molecule has 1 aliphatic carbocycles. The number of carbonyl (C=O) groups excluding carboxylic acids is 3. The second-order valence-corrected chi connectivity index (χ2v) is 8.78. The minimum Gasteiger partial charge on any atom is -0.322 e. The zero-order valence-corrected chi connectivity index (χ0v) is 16.0. The molecule has 3 heterocycles. The number of amides is 3. The largest absolute Gasteiger partial charge is 0.322 e. The summed E-state index contributed by atoms with van der Waals surface area (Å²) in [5.74, 6) is -0.708. The van der Waals surface area contributed by atoms with E-state index in [1.54, 1.807) is 4.90 Å². The quantitative estimate of drug-likeness (QED) is 0.750. The number of hydrogen-bond donors (Lipinski definition) is 2. The molecule has 3 fully saturated rings. The lowest BCUT2D eigenvalue weighted by Crippen LogP contribution is -2.52. The maximum atomic E-state index is 13.0. The number of imide groups is 1. The minimum atomic E-state index is -0.549. The fourth-order valence-electron chi connectivity index (χ4n) is 4.81. The first kappa shape index (κ1) is 17.8. The lowest BCUT2D eigenvalue weighted by molar-refractivity contribution is -0.136. The van der Waals surface area contributed by atoms with Gasteiger partial charge in [0.1, 0.15) is 6.04 Å². The van der Waals surface area contributed by atoms with E-state index in [0.29, 0.717) is 23.9 Å². The third-order valence-corrected chi connectivity index (χ3v) is 6.62. The van der Waals surface area contributed by atoms with Crippen LogP contribution in [0, 0.1) is 5.41 Å². The van der Waals surface area contributed by atoms with Gasteiger partial charge in [-0.05, 0) is 41.9 Å². The number of carbonyl (C=O) groups is 3. The summed E-state index contributed by atoms with van der Waals surface area (Å²) >= 11 is 0. The van der Waals surface area contributed by atoms with Crippen molar-refractivity contribution < 1.29 is 14.4 Å². The molecule has 3 amide bonds. The molecule has 0 radical (unpaired) electrons. The van der Waals surface area contributed by atoms with E-state index in [-0.39, 0.29) is 24.1 Å². The predicted molar refractivity (Wildman–Crippen MR) is 102 cm³/mol. The van der Waals surface area contributed by atoms with E-state index in [1.807, 2.05) is 12.1 Å². The minimum absolute atomic E-state index is 0.0949. The van der Waals surface area contributed by atoms with Crippen LogP contribution in [0.1, 0.15) is 47.2 Å². The van der Waals surface area contributed by atoms with Crippen molar-refractivity contribution in [3.8, 4) is 0 Å². The zero-order valence-electron chi connectivity index (χ0n) is 16.0. The molecule has 7 heteroatoms. The Kier molecular flexibility index (Phi) is 4.25. The van der Waals surface area contributed by atoms with Crippen molar-refractivity contribution in [3.05, 3.63) is 34.9 Å². The average Bonchev–Trinajstić information content (AvgIpc) is 3.40. The maximum Gasteiger partial charge on any atom is 0.255 e. The molecule has 1 aromatic carbocycles. The fourth-order valence-corrected chi connectivity index (χ4v) is 4.81. The van der Waals surface area contributed by atoms with Gasteiger partial charge in [0.2, 0.25) is 11.8 Å². The number of rotatable bonds is 3. The van der Waals surface area contributed by atoms with E-state index in [1.165, 1.54) is 12.8 Å². The first-order chi connectivity index (χ1) is 13.5. The van der Waals surface area contributed by atoms with Gasteiger partial charge in [-0.1, -0.05) is 12.1 Å². The molecule has 3 aliphatic heterocycles. The third kappa shape index (κ3) is 3.22. The van der Waals surface area contributed by atoms with Crippen molar-refractivity contribution in [2.24, 2.45) is 5.41 Å². The Bertz CT molecular complexity index is 848. The van der Waals surface area contributed by atoms with Crippen LogP contribution in [0.2, 0.25) is 0 Å². The Labute approximate surface area is 164 Å². The highest BCUT2D eigenvalue weighted by atomic mass is 16.2. The van der Waals surface area contributed by atoms with Gasteiger partial charge in [-0.15, -0.1) is 0 Å². The highest BCUT2D eigenvalue weighted by molar-refractivity contribution is 6.05. The molecule has 1 saturated carbocycles. The van der Waals surface area contributed by atoms with Gasteiger partial charge >= 0.3 is 0 Å². The van der Waals surface area contributed by atoms with Crippen LogP contribution >= 0.6 is 0 Å². The number of hydrogen-bond acceptors (Lipinski definition) is 5. The first-order valence-electron chi connectivity index (χ1n) is 10.2. The summed E-state index contributed by atoms with van der Waals surface area (Å²) in [5.41, 5.74) is 3.28. The van der Waals surface area contributed by atoms with E-state index in [4.69, 9.17) is 0 Å². The Morgan fingerprint density at radius 2 is 2.04 bits per heavy atom. The molecule has 28 heavy (non-hydrogen) atoms. The van der Waals surface area contributed by atoms with E-state index < -0.39 is 6.04 Å². The molecular formula is C21H26N4O3. The molecular weight excluding hydrogens is 356 g/mol. The van der Waals surface area contributed by atoms with Gasteiger partial charge in [0.05, 0.1) is 0 Å². The molecule has 1 spiro atoms. The summed E-state index contributed by atoms with van der Waals surface area (Å²) in [6.45, 7) is 5.56. The standard InChI is InChI=1S/C21H26N4O3/c26-18-4-3-17(19(27)23-18)25-11-15-2-1-14(9-16(15)20(25)28)10-24-8-7-22-12-21(13-24)5-6-21/h1-2,9,17,22H,3-8,10-13H2,(H,23,26,27). The van der Waals surface area contributed by atoms with Gasteiger partial charge in [0.15, 0.2) is 0 Å². The highest BCUT2D eigenvalue weighted by Gasteiger charge is 2.44. The molecule has 1 aromatic rings. The summed E-state index contributed by atoms with van der Waals surface area (Å²) < 4.78 is 0. The SMILES string of the molecule is O=C1CCC(N2Cc3ccc(CN4CCNCC5(CC5)C4)cc3C2=O)C(=O)N1. The van der Waals surface area contributed by atoms with Gasteiger partial charge in [-0.3, -0.25) is 24.6 Å². The van der Waals surface area contributed by atoms with Crippen LogP contribution in [0.25, 0.3) is 0 Å². The van der Waals surface area contributed by atoms with Crippen LogP contribution in [-0.4, -0.2) is 59.7 Å².